The summed E-state index contributed by atoms with van der Waals surface area (Å²) < 4.78 is 70.1. The van der Waals surface area contributed by atoms with Gasteiger partial charge < -0.3 is 9.47 Å². The van der Waals surface area contributed by atoms with Crippen molar-refractivity contribution in [2.45, 2.75) is 49.9 Å². The molecule has 0 unspecified atom stereocenters. The molecule has 0 spiro atoms. The fourth-order valence-electron chi connectivity index (χ4n) is 2.44. The number of ether oxygens (including phenoxy) is 2. The van der Waals surface area contributed by atoms with Crippen LogP contribution in [0.3, 0.4) is 0 Å². The van der Waals surface area contributed by atoms with Crippen LogP contribution in [-0.4, -0.2) is 49.1 Å². The average molecular weight is 473 g/mol. The van der Waals surface area contributed by atoms with Crippen LogP contribution in [0.1, 0.15) is 25.0 Å². The minimum absolute atomic E-state index is 0.0221. The first kappa shape index (κ1) is 25.4. The monoisotopic (exact) mass is 472 g/mol. The van der Waals surface area contributed by atoms with Gasteiger partial charge in [-0.25, -0.2) is 0 Å². The number of aryl methyl sites for hydroxylation is 2. The molecule has 31 heavy (non-hydrogen) atoms. The van der Waals surface area contributed by atoms with Crippen LogP contribution in [0.4, 0.5) is 0 Å². The van der Waals surface area contributed by atoms with Crippen LogP contribution in [0.2, 0.25) is 0 Å². The summed E-state index contributed by atoms with van der Waals surface area (Å²) in [4.78, 5) is 0.0644. The van der Waals surface area contributed by atoms with E-state index in [9.17, 15) is 16.8 Å². The SMILES string of the molecule is Cc1ccc(S(=O)(=O)OCCO[C@@H](COS(=O)(=O)c2ccc(C)cc2)OC(C)C)cc1. The highest BCUT2D eigenvalue weighted by Gasteiger charge is 2.21. The highest BCUT2D eigenvalue weighted by atomic mass is 32.2. The molecule has 172 valence electrons. The fourth-order valence-corrected chi connectivity index (χ4v) is 4.23. The highest BCUT2D eigenvalue weighted by Crippen LogP contribution is 2.15. The summed E-state index contributed by atoms with van der Waals surface area (Å²) in [6.45, 7) is 6.40. The molecule has 0 N–H and O–H groups in total. The topological polar surface area (TPSA) is 105 Å². The lowest BCUT2D eigenvalue weighted by Crippen LogP contribution is -2.29. The van der Waals surface area contributed by atoms with Crippen molar-refractivity contribution in [2.24, 2.45) is 0 Å². The molecule has 0 aromatic heterocycles. The quantitative estimate of drug-likeness (QED) is 0.263. The fraction of sp³-hybridized carbons (Fsp3) is 0.429. The summed E-state index contributed by atoms with van der Waals surface area (Å²) in [7, 11) is -7.91. The molecular formula is C21H28O8S2. The number of hydrogen-bond acceptors (Lipinski definition) is 8. The predicted octanol–water partition coefficient (Wildman–Crippen LogP) is 3.18. The Morgan fingerprint density at radius 2 is 1.16 bits per heavy atom. The molecule has 0 radical (unpaired) electrons. The summed E-state index contributed by atoms with van der Waals surface area (Å²) in [5.41, 5.74) is 1.85. The second-order valence-electron chi connectivity index (χ2n) is 7.13. The largest absolute Gasteiger partial charge is 0.348 e. The highest BCUT2D eigenvalue weighted by molar-refractivity contribution is 7.87. The van der Waals surface area contributed by atoms with Crippen molar-refractivity contribution in [1.29, 1.82) is 0 Å². The van der Waals surface area contributed by atoms with Gasteiger partial charge in [-0.1, -0.05) is 35.4 Å². The summed E-state index contributed by atoms with van der Waals surface area (Å²) in [5, 5.41) is 0. The Bertz CT molecular complexity index is 1030. The number of benzene rings is 2. The zero-order chi connectivity index (χ0) is 23.1. The molecule has 0 saturated heterocycles. The van der Waals surface area contributed by atoms with Gasteiger partial charge in [0, 0.05) is 0 Å². The van der Waals surface area contributed by atoms with Crippen LogP contribution in [0.5, 0.6) is 0 Å². The van der Waals surface area contributed by atoms with E-state index in [0.29, 0.717) is 0 Å². The van der Waals surface area contributed by atoms with Gasteiger partial charge in [-0.15, -0.1) is 0 Å². The van der Waals surface area contributed by atoms with E-state index in [2.05, 4.69) is 0 Å². The van der Waals surface area contributed by atoms with Gasteiger partial charge >= 0.3 is 0 Å². The third-order valence-electron chi connectivity index (χ3n) is 4.03. The van der Waals surface area contributed by atoms with Crippen LogP contribution in [-0.2, 0) is 38.1 Å². The Kier molecular flexibility index (Phi) is 9.16. The van der Waals surface area contributed by atoms with Gasteiger partial charge in [0.05, 0.1) is 29.1 Å². The molecule has 2 rings (SSSR count). The molecule has 0 amide bonds. The van der Waals surface area contributed by atoms with E-state index in [1.807, 2.05) is 13.8 Å². The maximum Gasteiger partial charge on any atom is 0.297 e. The van der Waals surface area contributed by atoms with Gasteiger partial charge in [0.15, 0.2) is 6.29 Å². The Morgan fingerprint density at radius 1 is 0.710 bits per heavy atom. The molecule has 0 aliphatic carbocycles. The van der Waals surface area contributed by atoms with Gasteiger partial charge in [-0.2, -0.15) is 16.8 Å². The van der Waals surface area contributed by atoms with Crippen molar-refractivity contribution in [3.63, 3.8) is 0 Å². The molecule has 0 heterocycles. The van der Waals surface area contributed by atoms with E-state index in [-0.39, 0.29) is 35.7 Å². The first-order valence-electron chi connectivity index (χ1n) is 9.69. The molecule has 0 bridgehead atoms. The van der Waals surface area contributed by atoms with Crippen LogP contribution in [0.15, 0.2) is 58.3 Å². The molecule has 0 fully saturated rings. The predicted molar refractivity (Wildman–Crippen MR) is 115 cm³/mol. The van der Waals surface area contributed by atoms with E-state index in [4.69, 9.17) is 17.8 Å². The van der Waals surface area contributed by atoms with E-state index in [1.54, 1.807) is 38.1 Å². The normalized spacial score (nSPS) is 13.5. The smallest absolute Gasteiger partial charge is 0.297 e. The average Bonchev–Trinajstić information content (AvgIpc) is 2.69. The van der Waals surface area contributed by atoms with Gasteiger partial charge in [0.1, 0.15) is 6.61 Å². The van der Waals surface area contributed by atoms with Crippen molar-refractivity contribution in [3.8, 4) is 0 Å². The molecule has 8 nitrogen and oxygen atoms in total. The Morgan fingerprint density at radius 3 is 1.61 bits per heavy atom. The van der Waals surface area contributed by atoms with Crippen LogP contribution >= 0.6 is 0 Å². The van der Waals surface area contributed by atoms with Crippen molar-refractivity contribution < 1.29 is 34.7 Å². The minimum Gasteiger partial charge on any atom is -0.348 e. The first-order valence-corrected chi connectivity index (χ1v) is 12.5. The molecule has 1 atom stereocenters. The molecule has 0 saturated carbocycles. The van der Waals surface area contributed by atoms with Crippen molar-refractivity contribution in [2.75, 3.05) is 19.8 Å². The Hall–Kier alpha value is -1.82. The van der Waals surface area contributed by atoms with E-state index in [0.717, 1.165) is 11.1 Å². The van der Waals surface area contributed by atoms with Crippen LogP contribution in [0, 0.1) is 13.8 Å². The van der Waals surface area contributed by atoms with Crippen LogP contribution < -0.4 is 0 Å². The number of rotatable bonds is 12. The van der Waals surface area contributed by atoms with Gasteiger partial charge in [-0.3, -0.25) is 8.37 Å². The van der Waals surface area contributed by atoms with Gasteiger partial charge in [-0.05, 0) is 52.0 Å². The second-order valence-corrected chi connectivity index (χ2v) is 10.4. The third kappa shape index (κ3) is 8.32. The number of hydrogen-bond donors (Lipinski definition) is 0. The molecule has 0 aliphatic heterocycles. The molecule has 10 heteroatoms. The molecule has 2 aromatic carbocycles. The molecular weight excluding hydrogens is 444 g/mol. The van der Waals surface area contributed by atoms with Crippen molar-refractivity contribution >= 4 is 20.2 Å². The van der Waals surface area contributed by atoms with Gasteiger partial charge in [0.25, 0.3) is 20.2 Å². The molecule has 0 aliphatic rings. The lowest BCUT2D eigenvalue weighted by molar-refractivity contribution is -0.178. The van der Waals surface area contributed by atoms with Crippen molar-refractivity contribution in [3.05, 3.63) is 59.7 Å². The maximum atomic E-state index is 12.3. The third-order valence-corrected chi connectivity index (χ3v) is 6.65. The Balaban J connectivity index is 1.89. The van der Waals surface area contributed by atoms with E-state index >= 15 is 0 Å². The minimum atomic E-state index is -3.99. The van der Waals surface area contributed by atoms with E-state index < -0.39 is 26.5 Å². The zero-order valence-electron chi connectivity index (χ0n) is 18.0. The second kappa shape index (κ2) is 11.2. The van der Waals surface area contributed by atoms with Crippen molar-refractivity contribution in [1.82, 2.24) is 0 Å². The Labute approximate surface area is 184 Å². The summed E-state index contributed by atoms with van der Waals surface area (Å²) >= 11 is 0. The van der Waals surface area contributed by atoms with E-state index in [1.165, 1.54) is 24.3 Å². The maximum absolute atomic E-state index is 12.3. The molecule has 2 aromatic rings. The lowest BCUT2D eigenvalue weighted by Gasteiger charge is -2.20. The van der Waals surface area contributed by atoms with Crippen LogP contribution in [0.25, 0.3) is 0 Å². The summed E-state index contributed by atoms with van der Waals surface area (Å²) in [6.07, 6.45) is -1.29. The lowest BCUT2D eigenvalue weighted by atomic mass is 10.2. The standard InChI is InChI=1S/C21H28O8S2/c1-16(2)29-21(15-28-31(24,25)20-11-7-18(4)8-12-20)26-13-14-27-30(22,23)19-9-5-17(3)6-10-19/h5-12,16,21H,13-15H2,1-4H3/t21-/m1/s1. The summed E-state index contributed by atoms with van der Waals surface area (Å²) in [6, 6.07) is 12.5. The first-order chi connectivity index (χ1) is 14.5. The summed E-state index contributed by atoms with van der Waals surface area (Å²) in [5.74, 6) is 0. The van der Waals surface area contributed by atoms with Gasteiger partial charge in [0.2, 0.25) is 0 Å². The zero-order valence-corrected chi connectivity index (χ0v) is 19.6.